The Hall–Kier alpha value is -2.42. The van der Waals surface area contributed by atoms with Crippen molar-refractivity contribution in [1.82, 2.24) is 15.1 Å². The number of carbonyl (C=O) groups excluding carboxylic acids is 2. The summed E-state index contributed by atoms with van der Waals surface area (Å²) in [5.41, 5.74) is 6.78. The number of thiophene rings is 1. The molecule has 2 heterocycles. The number of hydrogen-bond donors (Lipinski definition) is 2. The molecule has 1 aliphatic heterocycles. The van der Waals surface area contributed by atoms with E-state index >= 15 is 0 Å². The van der Waals surface area contributed by atoms with E-state index in [9.17, 15) is 9.59 Å². The fourth-order valence-electron chi connectivity index (χ4n) is 4.44. The Morgan fingerprint density at radius 3 is 2.79 bits per heavy atom. The third-order valence-corrected chi connectivity index (χ3v) is 6.81. The van der Waals surface area contributed by atoms with Crippen LogP contribution in [0.3, 0.4) is 0 Å². The molecule has 0 radical (unpaired) electrons. The Kier molecular flexibility index (Phi) is 9.29. The van der Waals surface area contributed by atoms with E-state index in [2.05, 4.69) is 36.2 Å². The number of benzene rings is 1. The molecule has 0 spiro atoms. The molecule has 7 nitrogen and oxygen atoms in total. The summed E-state index contributed by atoms with van der Waals surface area (Å²) >= 11 is 1.41. The monoisotopic (exact) mass is 472 g/mol. The Balaban J connectivity index is 1.81. The van der Waals surface area contributed by atoms with Gasteiger partial charge in [0.2, 0.25) is 5.91 Å². The van der Waals surface area contributed by atoms with Gasteiger partial charge in [-0.1, -0.05) is 32.0 Å². The molecule has 8 heteroatoms. The van der Waals surface area contributed by atoms with E-state index < -0.39 is 6.04 Å². The van der Waals surface area contributed by atoms with Crippen molar-refractivity contribution in [3.05, 3.63) is 52.2 Å². The average molecular weight is 473 g/mol. The number of hydrogen-bond acceptors (Lipinski definition) is 6. The molecule has 180 valence electrons. The number of likely N-dealkylation sites (tertiary alicyclic amines) is 1. The largest absolute Gasteiger partial charge is 0.497 e. The first kappa shape index (κ1) is 25.2. The summed E-state index contributed by atoms with van der Waals surface area (Å²) in [5.74, 6) is 1.12. The smallest absolute Gasteiger partial charge is 0.264 e. The van der Waals surface area contributed by atoms with Crippen LogP contribution in [0.15, 0.2) is 41.8 Å². The fraction of sp³-hybridized carbons (Fsp3) is 0.520. The predicted octanol–water partition coefficient (Wildman–Crippen LogP) is 2.96. The van der Waals surface area contributed by atoms with E-state index in [1.54, 1.807) is 12.0 Å². The van der Waals surface area contributed by atoms with Crippen molar-refractivity contribution in [1.29, 1.82) is 0 Å². The zero-order valence-electron chi connectivity index (χ0n) is 19.8. The highest BCUT2D eigenvalue weighted by Gasteiger charge is 2.38. The SMILES string of the molecule is COc1cccc(CN(CC(C)C)C2CCN(C(=O)c3cccs3)[C@@H](C(=O)NCCN)C2)c1. The lowest BCUT2D eigenvalue weighted by atomic mass is 9.93. The molecule has 2 amide bonds. The van der Waals surface area contributed by atoms with E-state index in [-0.39, 0.29) is 17.9 Å². The standard InChI is InChI=1S/C25H36N4O3S/c1-18(2)16-28(17-19-6-4-7-21(14-19)32-3)20-9-12-29(25(31)23-8-5-13-33-23)22(15-20)24(30)27-11-10-26/h4-8,13-14,18,20,22H,9-12,15-17,26H2,1-3H3,(H,27,30)/t20?,22-/m1/s1. The normalized spacial score (nSPS) is 18.5. The van der Waals surface area contributed by atoms with Gasteiger partial charge in [-0.25, -0.2) is 0 Å². The lowest BCUT2D eigenvalue weighted by Crippen LogP contribution is -2.57. The van der Waals surface area contributed by atoms with Crippen molar-refractivity contribution in [3.8, 4) is 5.75 Å². The Labute approximate surface area is 200 Å². The highest BCUT2D eigenvalue weighted by atomic mass is 32.1. The van der Waals surface area contributed by atoms with Crippen LogP contribution < -0.4 is 15.8 Å². The number of carbonyl (C=O) groups is 2. The van der Waals surface area contributed by atoms with Crippen molar-refractivity contribution >= 4 is 23.2 Å². The third kappa shape index (κ3) is 6.79. The Morgan fingerprint density at radius 1 is 1.30 bits per heavy atom. The second-order valence-electron chi connectivity index (χ2n) is 8.92. The maximum absolute atomic E-state index is 13.2. The summed E-state index contributed by atoms with van der Waals surface area (Å²) < 4.78 is 5.40. The van der Waals surface area contributed by atoms with Gasteiger partial charge in [0.1, 0.15) is 11.8 Å². The molecule has 33 heavy (non-hydrogen) atoms. The number of piperidine rings is 1. The zero-order valence-corrected chi connectivity index (χ0v) is 20.6. The number of rotatable bonds is 10. The van der Waals surface area contributed by atoms with E-state index in [1.165, 1.54) is 16.9 Å². The number of ether oxygens (including phenoxy) is 1. The topological polar surface area (TPSA) is 87.9 Å². The molecule has 0 saturated carbocycles. The molecule has 1 fully saturated rings. The average Bonchev–Trinajstić information content (AvgIpc) is 3.36. The lowest BCUT2D eigenvalue weighted by molar-refractivity contribution is -0.127. The molecule has 1 unspecified atom stereocenters. The first-order valence-electron chi connectivity index (χ1n) is 11.6. The van der Waals surface area contributed by atoms with Gasteiger partial charge in [0.15, 0.2) is 0 Å². The minimum atomic E-state index is -0.509. The molecule has 2 atom stereocenters. The molecule has 1 aliphatic rings. The summed E-state index contributed by atoms with van der Waals surface area (Å²) in [6.45, 7) is 7.43. The number of methoxy groups -OCH3 is 1. The number of nitrogens with zero attached hydrogens (tertiary/aromatic N) is 2. The van der Waals surface area contributed by atoms with Gasteiger partial charge >= 0.3 is 0 Å². The van der Waals surface area contributed by atoms with E-state index in [1.807, 2.05) is 29.6 Å². The summed E-state index contributed by atoms with van der Waals surface area (Å²) in [6, 6.07) is 11.5. The van der Waals surface area contributed by atoms with Crippen molar-refractivity contribution in [2.45, 2.75) is 45.3 Å². The first-order chi connectivity index (χ1) is 15.9. The second kappa shape index (κ2) is 12.2. The maximum atomic E-state index is 13.2. The second-order valence-corrected chi connectivity index (χ2v) is 9.87. The van der Waals surface area contributed by atoms with Gasteiger partial charge in [0, 0.05) is 38.8 Å². The summed E-state index contributed by atoms with van der Waals surface area (Å²) in [7, 11) is 1.68. The first-order valence-corrected chi connectivity index (χ1v) is 12.5. The summed E-state index contributed by atoms with van der Waals surface area (Å²) in [6.07, 6.45) is 1.43. The summed E-state index contributed by atoms with van der Waals surface area (Å²) in [5, 5.41) is 4.80. The van der Waals surface area contributed by atoms with Gasteiger partial charge in [0.25, 0.3) is 5.91 Å². The van der Waals surface area contributed by atoms with Gasteiger partial charge in [-0.15, -0.1) is 11.3 Å². The van der Waals surface area contributed by atoms with Crippen molar-refractivity contribution < 1.29 is 14.3 Å². The molecule has 3 rings (SSSR count). The van der Waals surface area contributed by atoms with Crippen molar-refractivity contribution in [3.63, 3.8) is 0 Å². The van der Waals surface area contributed by atoms with Crippen molar-refractivity contribution in [2.75, 3.05) is 33.3 Å². The molecule has 1 saturated heterocycles. The van der Waals surface area contributed by atoms with Crippen LogP contribution in [-0.4, -0.2) is 67.0 Å². The van der Waals surface area contributed by atoms with Gasteiger partial charge in [-0.05, 0) is 47.9 Å². The Bertz CT molecular complexity index is 903. The van der Waals surface area contributed by atoms with Crippen LogP contribution in [0.25, 0.3) is 0 Å². The van der Waals surface area contributed by atoms with Gasteiger partial charge in [-0.3, -0.25) is 14.5 Å². The molecular formula is C25H36N4O3S. The molecule has 2 aromatic rings. The number of nitrogens with two attached hydrogens (primary N) is 1. The van der Waals surface area contributed by atoms with Gasteiger partial charge < -0.3 is 20.7 Å². The van der Waals surface area contributed by atoms with Crippen LogP contribution in [0.4, 0.5) is 0 Å². The van der Waals surface area contributed by atoms with Crippen LogP contribution >= 0.6 is 11.3 Å². The summed E-state index contributed by atoms with van der Waals surface area (Å²) in [4.78, 5) is 31.1. The molecule has 1 aromatic carbocycles. The lowest BCUT2D eigenvalue weighted by Gasteiger charge is -2.43. The van der Waals surface area contributed by atoms with Crippen LogP contribution in [0.1, 0.15) is 41.9 Å². The third-order valence-electron chi connectivity index (χ3n) is 5.95. The minimum Gasteiger partial charge on any atom is -0.497 e. The van der Waals surface area contributed by atoms with E-state index in [4.69, 9.17) is 10.5 Å². The maximum Gasteiger partial charge on any atom is 0.264 e. The van der Waals surface area contributed by atoms with Crippen LogP contribution in [0.5, 0.6) is 5.75 Å². The van der Waals surface area contributed by atoms with Crippen LogP contribution in [0.2, 0.25) is 0 Å². The fourth-order valence-corrected chi connectivity index (χ4v) is 5.12. The molecule has 0 bridgehead atoms. The predicted molar refractivity (Wildman–Crippen MR) is 132 cm³/mol. The van der Waals surface area contributed by atoms with E-state index in [0.29, 0.717) is 36.9 Å². The van der Waals surface area contributed by atoms with Gasteiger partial charge in [0.05, 0.1) is 12.0 Å². The molecule has 0 aliphatic carbocycles. The zero-order chi connectivity index (χ0) is 23.8. The van der Waals surface area contributed by atoms with Crippen molar-refractivity contribution in [2.24, 2.45) is 11.7 Å². The number of nitrogens with one attached hydrogen (secondary N) is 1. The Morgan fingerprint density at radius 2 is 2.12 bits per heavy atom. The quantitative estimate of drug-likeness (QED) is 0.555. The van der Waals surface area contributed by atoms with Crippen LogP contribution in [0, 0.1) is 5.92 Å². The van der Waals surface area contributed by atoms with Crippen LogP contribution in [-0.2, 0) is 11.3 Å². The minimum absolute atomic E-state index is 0.0699. The molecule has 1 aromatic heterocycles. The highest BCUT2D eigenvalue weighted by molar-refractivity contribution is 7.12. The van der Waals surface area contributed by atoms with E-state index in [0.717, 1.165) is 25.3 Å². The molecule has 3 N–H and O–H groups in total. The number of amides is 2. The molecular weight excluding hydrogens is 436 g/mol. The highest BCUT2D eigenvalue weighted by Crippen LogP contribution is 2.27. The van der Waals surface area contributed by atoms with Gasteiger partial charge in [-0.2, -0.15) is 0 Å².